The minimum atomic E-state index is -0.794. The van der Waals surface area contributed by atoms with Crippen molar-refractivity contribution in [2.24, 2.45) is 0 Å². The van der Waals surface area contributed by atoms with Crippen LogP contribution in [0, 0.1) is 0 Å². The fourth-order valence-electron chi connectivity index (χ4n) is 2.31. The second kappa shape index (κ2) is 17.5. The zero-order valence-corrected chi connectivity index (χ0v) is 17.5. The van der Waals surface area contributed by atoms with Crippen molar-refractivity contribution in [3.05, 3.63) is 60.8 Å². The maximum atomic E-state index is 11.7. The summed E-state index contributed by atoms with van der Waals surface area (Å²) in [6.07, 6.45) is 27.9. The van der Waals surface area contributed by atoms with Gasteiger partial charge in [-0.15, -0.1) is 0 Å². The Morgan fingerprint density at radius 3 is 1.96 bits per heavy atom. The average molecular weight is 374 g/mol. The molecule has 0 aliphatic heterocycles. The number of amides is 1. The lowest BCUT2D eigenvalue weighted by Crippen LogP contribution is -2.41. The number of nitrogens with one attached hydrogen (secondary N) is 1. The van der Waals surface area contributed by atoms with E-state index in [0.29, 0.717) is 19.4 Å². The van der Waals surface area contributed by atoms with Crippen LogP contribution in [-0.4, -0.2) is 23.2 Å². The zero-order valence-electron chi connectivity index (χ0n) is 17.5. The Kier molecular flexibility index (Phi) is 16.3. The molecule has 0 unspecified atom stereocenters. The number of allylic oxidation sites excluding steroid dienone is 9. The molecule has 27 heavy (non-hydrogen) atoms. The van der Waals surface area contributed by atoms with Crippen LogP contribution in [0.2, 0.25) is 0 Å². The van der Waals surface area contributed by atoms with Crippen molar-refractivity contribution in [3.8, 4) is 0 Å². The summed E-state index contributed by atoms with van der Waals surface area (Å²) in [5.74, 6) is -0.146. The molecule has 1 amide bonds. The topological polar surface area (TPSA) is 49.3 Å². The summed E-state index contributed by atoms with van der Waals surface area (Å²) in [7, 11) is 0. The molecule has 0 aromatic rings. The van der Waals surface area contributed by atoms with Gasteiger partial charge in [-0.1, -0.05) is 88.3 Å². The maximum Gasteiger partial charge on any atom is 0.243 e. The highest BCUT2D eigenvalue weighted by Crippen LogP contribution is 2.12. The molecule has 0 radical (unpaired) electrons. The normalized spacial score (nSPS) is 13.2. The molecular formula is C24H39NO2. The first-order chi connectivity index (χ1) is 13.1. The third-order valence-corrected chi connectivity index (χ3v) is 4.48. The summed E-state index contributed by atoms with van der Waals surface area (Å²) in [5, 5.41) is 12.9. The number of rotatable bonds is 15. The first kappa shape index (κ1) is 25.1. The highest BCUT2D eigenvalue weighted by Gasteiger charge is 2.21. The predicted octanol–water partition coefficient (Wildman–Crippen LogP) is 5.80. The van der Waals surface area contributed by atoms with Crippen molar-refractivity contribution in [1.82, 2.24) is 5.32 Å². The molecule has 0 saturated carbocycles. The highest BCUT2D eigenvalue weighted by atomic mass is 16.3. The molecule has 3 nitrogen and oxygen atoms in total. The standard InChI is InChI=1S/C24H39NO2/c1-4-7-8-9-10-11-12-13-14-15-16-17-18-19-20-21-23(26)25-22-24(27,5-2)6-3/h10-17,20-21,27H,4-9,18-19,22H2,1-3H3,(H,25,26). The van der Waals surface area contributed by atoms with Gasteiger partial charge >= 0.3 is 0 Å². The Labute approximate surface area is 166 Å². The summed E-state index contributed by atoms with van der Waals surface area (Å²) in [6.45, 7) is 6.37. The number of unbranched alkanes of at least 4 members (excludes halogenated alkanes) is 4. The largest absolute Gasteiger partial charge is 0.388 e. The van der Waals surface area contributed by atoms with E-state index in [2.05, 4.69) is 36.5 Å². The monoisotopic (exact) mass is 373 g/mol. The van der Waals surface area contributed by atoms with Crippen molar-refractivity contribution in [2.45, 2.75) is 77.7 Å². The molecule has 152 valence electrons. The summed E-state index contributed by atoms with van der Waals surface area (Å²) in [6, 6.07) is 0. The van der Waals surface area contributed by atoms with Crippen molar-refractivity contribution < 1.29 is 9.90 Å². The first-order valence-electron chi connectivity index (χ1n) is 10.4. The lowest BCUT2D eigenvalue weighted by Gasteiger charge is -2.24. The molecule has 0 aromatic carbocycles. The molecule has 0 aliphatic carbocycles. The fourth-order valence-corrected chi connectivity index (χ4v) is 2.31. The molecule has 2 N–H and O–H groups in total. The third kappa shape index (κ3) is 16.1. The van der Waals surface area contributed by atoms with Gasteiger partial charge in [0.05, 0.1) is 5.60 Å². The molecule has 0 spiro atoms. The zero-order chi connectivity index (χ0) is 20.2. The van der Waals surface area contributed by atoms with E-state index in [-0.39, 0.29) is 5.91 Å². The second-order valence-electron chi connectivity index (χ2n) is 6.75. The Balaban J connectivity index is 3.81. The van der Waals surface area contributed by atoms with Gasteiger partial charge in [-0.05, 0) is 44.6 Å². The van der Waals surface area contributed by atoms with Gasteiger partial charge in [0.25, 0.3) is 0 Å². The quantitative estimate of drug-likeness (QED) is 0.217. The van der Waals surface area contributed by atoms with Crippen LogP contribution in [-0.2, 0) is 4.79 Å². The van der Waals surface area contributed by atoms with E-state index >= 15 is 0 Å². The van der Waals surface area contributed by atoms with E-state index in [9.17, 15) is 9.90 Å². The van der Waals surface area contributed by atoms with Crippen LogP contribution in [0.15, 0.2) is 60.8 Å². The van der Waals surface area contributed by atoms with Crippen LogP contribution >= 0.6 is 0 Å². The van der Waals surface area contributed by atoms with E-state index in [1.54, 1.807) is 6.08 Å². The predicted molar refractivity (Wildman–Crippen MR) is 118 cm³/mol. The van der Waals surface area contributed by atoms with Gasteiger partial charge in [-0.3, -0.25) is 4.79 Å². The summed E-state index contributed by atoms with van der Waals surface area (Å²) >= 11 is 0. The first-order valence-corrected chi connectivity index (χ1v) is 10.4. The number of hydrogen-bond donors (Lipinski definition) is 2. The molecule has 0 heterocycles. The Bertz CT molecular complexity index is 508. The van der Waals surface area contributed by atoms with Crippen LogP contribution in [0.25, 0.3) is 0 Å². The molecular weight excluding hydrogens is 334 g/mol. The lowest BCUT2D eigenvalue weighted by molar-refractivity contribution is -0.117. The molecule has 0 saturated heterocycles. The summed E-state index contributed by atoms with van der Waals surface area (Å²) in [5.41, 5.74) is -0.794. The minimum Gasteiger partial charge on any atom is -0.388 e. The Hall–Kier alpha value is -1.87. The number of aliphatic hydroxyl groups is 1. The van der Waals surface area contributed by atoms with Crippen LogP contribution in [0.4, 0.5) is 0 Å². The van der Waals surface area contributed by atoms with Gasteiger partial charge in [0.2, 0.25) is 5.91 Å². The average Bonchev–Trinajstić information content (AvgIpc) is 2.69. The van der Waals surface area contributed by atoms with Gasteiger partial charge in [0.1, 0.15) is 0 Å². The van der Waals surface area contributed by atoms with Crippen molar-refractivity contribution in [1.29, 1.82) is 0 Å². The van der Waals surface area contributed by atoms with Crippen molar-refractivity contribution in [2.75, 3.05) is 6.54 Å². The van der Waals surface area contributed by atoms with E-state index in [1.165, 1.54) is 19.3 Å². The summed E-state index contributed by atoms with van der Waals surface area (Å²) in [4.78, 5) is 11.7. The SMILES string of the molecule is CCCCCC=CC=CC=CC=CCCC=CC(=O)NCC(O)(CC)CC. The van der Waals surface area contributed by atoms with Gasteiger partial charge in [0, 0.05) is 6.54 Å². The molecule has 0 rings (SSSR count). The van der Waals surface area contributed by atoms with Crippen LogP contribution in [0.1, 0.15) is 72.1 Å². The smallest absolute Gasteiger partial charge is 0.243 e. The molecule has 0 aliphatic rings. The fraction of sp³-hybridized carbons (Fsp3) is 0.542. The van der Waals surface area contributed by atoms with Gasteiger partial charge in [0.15, 0.2) is 0 Å². The van der Waals surface area contributed by atoms with Crippen molar-refractivity contribution >= 4 is 5.91 Å². The molecule has 0 fully saturated rings. The van der Waals surface area contributed by atoms with E-state index in [1.807, 2.05) is 44.2 Å². The van der Waals surface area contributed by atoms with Gasteiger partial charge in [-0.25, -0.2) is 0 Å². The summed E-state index contributed by atoms with van der Waals surface area (Å²) < 4.78 is 0. The second-order valence-corrected chi connectivity index (χ2v) is 6.75. The Morgan fingerprint density at radius 2 is 1.37 bits per heavy atom. The van der Waals surface area contributed by atoms with Gasteiger partial charge < -0.3 is 10.4 Å². The molecule has 0 aromatic heterocycles. The van der Waals surface area contributed by atoms with Crippen LogP contribution < -0.4 is 5.32 Å². The maximum absolute atomic E-state index is 11.7. The Morgan fingerprint density at radius 1 is 0.815 bits per heavy atom. The molecule has 0 bridgehead atoms. The molecule has 0 atom stereocenters. The number of carbonyl (C=O) groups is 1. The van der Waals surface area contributed by atoms with Crippen LogP contribution in [0.3, 0.4) is 0 Å². The number of hydrogen-bond acceptors (Lipinski definition) is 2. The van der Waals surface area contributed by atoms with Crippen molar-refractivity contribution in [3.63, 3.8) is 0 Å². The van der Waals surface area contributed by atoms with E-state index in [0.717, 1.165) is 19.3 Å². The third-order valence-electron chi connectivity index (χ3n) is 4.48. The minimum absolute atomic E-state index is 0.146. The van der Waals surface area contributed by atoms with E-state index < -0.39 is 5.60 Å². The number of carbonyl (C=O) groups excluding carboxylic acids is 1. The van der Waals surface area contributed by atoms with Crippen LogP contribution in [0.5, 0.6) is 0 Å². The molecule has 3 heteroatoms. The van der Waals surface area contributed by atoms with Gasteiger partial charge in [-0.2, -0.15) is 0 Å². The van der Waals surface area contributed by atoms with E-state index in [4.69, 9.17) is 0 Å². The highest BCUT2D eigenvalue weighted by molar-refractivity contribution is 5.87. The lowest BCUT2D eigenvalue weighted by atomic mass is 9.98.